The van der Waals surface area contributed by atoms with Gasteiger partial charge in [0.2, 0.25) is 0 Å². The smallest absolute Gasteiger partial charge is 0.251 e. The van der Waals surface area contributed by atoms with Crippen LogP contribution < -0.4 is 5.32 Å². The Labute approximate surface area is 222 Å². The highest BCUT2D eigenvalue weighted by atomic mass is 16.3. The number of nitrogens with zero attached hydrogens (tertiary/aromatic N) is 2. The second-order valence-electron chi connectivity index (χ2n) is 12.2. The van der Waals surface area contributed by atoms with Crippen LogP contribution in [0, 0.1) is 28.6 Å². The fourth-order valence-electron chi connectivity index (χ4n) is 8.54. The van der Waals surface area contributed by atoms with Crippen molar-refractivity contribution in [2.24, 2.45) is 28.6 Å². The van der Waals surface area contributed by atoms with Crippen molar-refractivity contribution < 1.29 is 24.6 Å². The number of nitrogens with one attached hydrogen (secondary N) is 1. The van der Waals surface area contributed by atoms with E-state index in [1.165, 1.54) is 5.57 Å². The predicted molar refractivity (Wildman–Crippen MR) is 140 cm³/mol. The van der Waals surface area contributed by atoms with E-state index in [2.05, 4.69) is 18.3 Å². The van der Waals surface area contributed by atoms with Gasteiger partial charge < -0.3 is 15.5 Å². The van der Waals surface area contributed by atoms with E-state index >= 15 is 0 Å². The molecule has 0 spiro atoms. The van der Waals surface area contributed by atoms with E-state index < -0.39 is 23.4 Å². The Hall–Kier alpha value is -3.10. The number of hydrogen-bond acceptors (Lipinski definition) is 6. The number of aliphatic hydroxyl groups is 2. The summed E-state index contributed by atoms with van der Waals surface area (Å²) < 4.78 is 1.81. The highest BCUT2D eigenvalue weighted by Gasteiger charge is 2.68. The molecule has 200 valence electrons. The zero-order valence-corrected chi connectivity index (χ0v) is 22.2. The first-order valence-corrected chi connectivity index (χ1v) is 13.6. The fourth-order valence-corrected chi connectivity index (χ4v) is 8.54. The summed E-state index contributed by atoms with van der Waals surface area (Å²) in [5.74, 6) is -0.642. The fraction of sp³-hybridized carbons (Fsp3) is 0.533. The number of fused-ring (bicyclic) bond motifs is 6. The number of ketones is 2. The van der Waals surface area contributed by atoms with Crippen molar-refractivity contribution in [2.75, 3.05) is 13.7 Å². The first kappa shape index (κ1) is 25.2. The summed E-state index contributed by atoms with van der Waals surface area (Å²) in [5.41, 5.74) is 1.73. The van der Waals surface area contributed by atoms with Gasteiger partial charge in [0.1, 0.15) is 18.0 Å². The number of amides is 1. The zero-order chi connectivity index (χ0) is 27.0. The van der Waals surface area contributed by atoms with Gasteiger partial charge in [-0.2, -0.15) is 5.10 Å². The molecular weight excluding hydrogens is 482 g/mol. The van der Waals surface area contributed by atoms with Gasteiger partial charge in [-0.05, 0) is 73.8 Å². The second-order valence-corrected chi connectivity index (χ2v) is 12.2. The first-order valence-electron chi connectivity index (χ1n) is 13.6. The van der Waals surface area contributed by atoms with Crippen LogP contribution >= 0.6 is 0 Å². The molecular formula is C30H35N3O5. The molecule has 6 atom stereocenters. The highest BCUT2D eigenvalue weighted by Crippen LogP contribution is 2.66. The van der Waals surface area contributed by atoms with E-state index in [0.29, 0.717) is 24.8 Å². The molecule has 2 aromatic rings. The molecule has 8 heteroatoms. The van der Waals surface area contributed by atoms with Crippen molar-refractivity contribution >= 4 is 23.5 Å². The third kappa shape index (κ3) is 3.29. The van der Waals surface area contributed by atoms with Gasteiger partial charge in [0.05, 0.1) is 11.4 Å². The number of allylic oxidation sites excluding steroid dienone is 1. The lowest BCUT2D eigenvalue weighted by Gasteiger charge is -2.57. The molecule has 0 aliphatic heterocycles. The van der Waals surface area contributed by atoms with E-state index in [0.717, 1.165) is 29.8 Å². The van der Waals surface area contributed by atoms with Gasteiger partial charge in [-0.15, -0.1) is 0 Å². The Balaban J connectivity index is 1.34. The minimum Gasteiger partial charge on any atom is -0.388 e. The third-order valence-corrected chi connectivity index (χ3v) is 10.5. The van der Waals surface area contributed by atoms with Crippen molar-refractivity contribution in [3.63, 3.8) is 0 Å². The number of aliphatic hydroxyl groups excluding tert-OH is 1. The third-order valence-electron chi connectivity index (χ3n) is 10.5. The summed E-state index contributed by atoms with van der Waals surface area (Å²) in [6.07, 6.45) is 7.68. The number of benzene rings is 1. The molecule has 3 fully saturated rings. The average molecular weight is 518 g/mol. The van der Waals surface area contributed by atoms with E-state index in [1.54, 1.807) is 13.1 Å². The Bertz CT molecular complexity index is 1390. The number of rotatable bonds is 4. The second kappa shape index (κ2) is 8.45. The van der Waals surface area contributed by atoms with Crippen molar-refractivity contribution in [1.82, 2.24) is 15.1 Å². The van der Waals surface area contributed by atoms with Crippen LogP contribution in [0.15, 0.2) is 36.0 Å². The lowest BCUT2D eigenvalue weighted by atomic mass is 9.46. The van der Waals surface area contributed by atoms with Gasteiger partial charge >= 0.3 is 0 Å². The Morgan fingerprint density at radius 2 is 2.00 bits per heavy atom. The maximum Gasteiger partial charge on any atom is 0.251 e. The normalized spacial score (nSPS) is 35.4. The van der Waals surface area contributed by atoms with Crippen molar-refractivity contribution in [2.45, 2.75) is 58.0 Å². The molecule has 1 aromatic heterocycles. The lowest BCUT2D eigenvalue weighted by molar-refractivity contribution is -0.169. The maximum atomic E-state index is 13.9. The molecule has 8 nitrogen and oxygen atoms in total. The molecule has 3 saturated carbocycles. The van der Waals surface area contributed by atoms with Crippen LogP contribution in [0.4, 0.5) is 0 Å². The standard InChI is InChI=1S/C30H35N3O5/c1-28-13-18-15-33(20-6-4-5-17(11-20)27(37)31-3)32-23(18)12-19(28)7-8-21-22-9-10-30(38,25(36)16-34)29(22,2)14-24(35)26(21)28/h4-6,11-12,15,21-22,26,34,38H,7-10,13-14,16H2,1-3H3,(H,31,37)/t21-,22-,26+,28-,29-,30-/m0/s1. The maximum absolute atomic E-state index is 13.9. The SMILES string of the molecule is CNC(=O)c1cccc(-n2cc3c(n2)C=C2CC[C@@H]4[C@H](C(=O)C[C@@]5(C)[C@H]4CC[C@]5(O)C(=O)CO)[C@@]2(C)C3)c1. The monoisotopic (exact) mass is 517 g/mol. The quantitative estimate of drug-likeness (QED) is 0.574. The first-order chi connectivity index (χ1) is 18.1. The molecule has 4 aliphatic carbocycles. The summed E-state index contributed by atoms with van der Waals surface area (Å²) in [6, 6.07) is 7.34. The number of hydrogen-bond donors (Lipinski definition) is 3. The van der Waals surface area contributed by atoms with E-state index in [-0.39, 0.29) is 41.3 Å². The van der Waals surface area contributed by atoms with E-state index in [9.17, 15) is 24.6 Å². The molecule has 1 aromatic carbocycles. The largest absolute Gasteiger partial charge is 0.388 e. The predicted octanol–water partition coefficient (Wildman–Crippen LogP) is 2.89. The number of aromatic nitrogens is 2. The summed E-state index contributed by atoms with van der Waals surface area (Å²) in [5, 5.41) is 28.5. The van der Waals surface area contributed by atoms with Crippen LogP contribution in [0.3, 0.4) is 0 Å². The van der Waals surface area contributed by atoms with Crippen molar-refractivity contribution in [3.05, 3.63) is 52.9 Å². The lowest BCUT2D eigenvalue weighted by Crippen LogP contribution is -2.61. The van der Waals surface area contributed by atoms with Crippen LogP contribution in [0.2, 0.25) is 0 Å². The highest BCUT2D eigenvalue weighted by molar-refractivity contribution is 5.94. The molecule has 1 amide bonds. The van der Waals surface area contributed by atoms with Crippen LogP contribution in [-0.4, -0.2) is 56.7 Å². The van der Waals surface area contributed by atoms with Crippen molar-refractivity contribution in [3.8, 4) is 5.69 Å². The summed E-state index contributed by atoms with van der Waals surface area (Å²) >= 11 is 0. The summed E-state index contributed by atoms with van der Waals surface area (Å²) in [7, 11) is 1.61. The van der Waals surface area contributed by atoms with Crippen LogP contribution in [0.1, 0.15) is 67.6 Å². The Kier molecular flexibility index (Phi) is 5.60. The van der Waals surface area contributed by atoms with Gasteiger partial charge in [0.25, 0.3) is 5.91 Å². The number of carbonyl (C=O) groups is 3. The van der Waals surface area contributed by atoms with Crippen LogP contribution in [-0.2, 0) is 16.0 Å². The molecule has 4 aliphatic rings. The van der Waals surface area contributed by atoms with Gasteiger partial charge in [0, 0.05) is 42.0 Å². The molecule has 0 unspecified atom stereocenters. The Morgan fingerprint density at radius 3 is 2.74 bits per heavy atom. The summed E-state index contributed by atoms with van der Waals surface area (Å²) in [6.45, 7) is 3.38. The molecule has 0 saturated heterocycles. The van der Waals surface area contributed by atoms with Gasteiger partial charge in [0.15, 0.2) is 5.78 Å². The number of carbonyl (C=O) groups excluding carboxylic acids is 3. The number of Topliss-reactive ketones (excluding diaryl/α,β-unsaturated/α-hetero) is 2. The summed E-state index contributed by atoms with van der Waals surface area (Å²) in [4.78, 5) is 38.7. The molecule has 38 heavy (non-hydrogen) atoms. The van der Waals surface area contributed by atoms with Gasteiger partial charge in [-0.1, -0.05) is 25.5 Å². The van der Waals surface area contributed by atoms with E-state index in [1.807, 2.05) is 36.0 Å². The molecule has 0 bridgehead atoms. The van der Waals surface area contributed by atoms with Gasteiger partial charge in [-0.3, -0.25) is 14.4 Å². The molecule has 0 radical (unpaired) electrons. The van der Waals surface area contributed by atoms with Gasteiger partial charge in [-0.25, -0.2) is 4.68 Å². The molecule has 1 heterocycles. The minimum absolute atomic E-state index is 0.0562. The van der Waals surface area contributed by atoms with Crippen LogP contribution in [0.5, 0.6) is 0 Å². The average Bonchev–Trinajstić information content (AvgIpc) is 3.43. The minimum atomic E-state index is -1.64. The van der Waals surface area contributed by atoms with Crippen LogP contribution in [0.25, 0.3) is 11.8 Å². The molecule has 3 N–H and O–H groups in total. The van der Waals surface area contributed by atoms with E-state index in [4.69, 9.17) is 5.10 Å². The Morgan fingerprint density at radius 1 is 1.21 bits per heavy atom. The topological polar surface area (TPSA) is 122 Å². The van der Waals surface area contributed by atoms with Crippen molar-refractivity contribution in [1.29, 1.82) is 0 Å². The molecule has 6 rings (SSSR count). The zero-order valence-electron chi connectivity index (χ0n) is 22.2.